The first-order chi connectivity index (χ1) is 23.4. The zero-order valence-corrected chi connectivity index (χ0v) is 26.7. The van der Waals surface area contributed by atoms with Crippen molar-refractivity contribution in [1.82, 2.24) is 0 Å². The van der Waals surface area contributed by atoms with Gasteiger partial charge in [0.1, 0.15) is 60.0 Å². The minimum absolute atomic E-state index is 0.0538. The average Bonchev–Trinajstić information content (AvgIpc) is 3.11. The molecule has 2 aliphatic heterocycles. The molecule has 2 fully saturated rings. The van der Waals surface area contributed by atoms with E-state index in [1.165, 1.54) is 21.3 Å². The van der Waals surface area contributed by atoms with Gasteiger partial charge in [-0.05, 0) is 24.3 Å². The number of hydrogen-bond acceptors (Lipinski definition) is 18. The summed E-state index contributed by atoms with van der Waals surface area (Å²) < 4.78 is 50.1. The number of benzene rings is 2. The number of hydrogen-bond donors (Lipinski definition) is 8. The van der Waals surface area contributed by atoms with Crippen LogP contribution in [0.5, 0.6) is 34.5 Å². The normalized spacial score (nSPS) is 30.2. The van der Waals surface area contributed by atoms with Gasteiger partial charge in [-0.1, -0.05) is 0 Å². The van der Waals surface area contributed by atoms with Crippen molar-refractivity contribution in [3.05, 3.63) is 34.5 Å². The van der Waals surface area contributed by atoms with E-state index < -0.39 is 103 Å². The second-order valence-corrected chi connectivity index (χ2v) is 11.1. The molecule has 0 aliphatic carbocycles. The molecule has 0 bridgehead atoms. The highest BCUT2D eigenvalue weighted by atomic mass is 16.7. The van der Waals surface area contributed by atoms with Gasteiger partial charge < -0.3 is 83.2 Å². The molecule has 0 unspecified atom stereocenters. The van der Waals surface area contributed by atoms with Gasteiger partial charge in [0.05, 0.1) is 41.7 Å². The molecule has 49 heavy (non-hydrogen) atoms. The largest absolute Gasteiger partial charge is 0.504 e. The molecule has 18 heteroatoms. The number of phenolic OH excluding ortho intramolecular Hbond substituents is 1. The molecule has 270 valence electrons. The molecule has 0 saturated carbocycles. The van der Waals surface area contributed by atoms with E-state index in [0.717, 1.165) is 7.11 Å². The van der Waals surface area contributed by atoms with Crippen LogP contribution in [0.4, 0.5) is 0 Å². The monoisotopic (exact) mass is 698 g/mol. The van der Waals surface area contributed by atoms with Gasteiger partial charge in [-0.15, -0.1) is 0 Å². The fraction of sp³-hybridized carbons (Fsp3) is 0.516. The van der Waals surface area contributed by atoms with Crippen molar-refractivity contribution in [3.63, 3.8) is 0 Å². The lowest BCUT2D eigenvalue weighted by Crippen LogP contribution is -2.65. The SMILES string of the molecule is COc1ccc(-c2oc3c(OC)c(O[C@@H]4O[C@H](CO)[C@H](O)[C@H](O[C@@H]5O[C@H](CO)[C@@H](O)[C@H](O)[C@H]5O)[C@H]4O)c(OC)c(O)c3c(=O)c2OC)cc1. The molecule has 2 aromatic carbocycles. The second kappa shape index (κ2) is 14.9. The lowest BCUT2D eigenvalue weighted by Gasteiger charge is -2.45. The Bertz CT molecular complexity index is 1660. The van der Waals surface area contributed by atoms with Gasteiger partial charge in [0.25, 0.3) is 0 Å². The summed E-state index contributed by atoms with van der Waals surface area (Å²) in [5, 5.41) is 83.4. The van der Waals surface area contributed by atoms with Crippen molar-refractivity contribution < 1.29 is 83.2 Å². The van der Waals surface area contributed by atoms with Crippen LogP contribution in [0.2, 0.25) is 0 Å². The van der Waals surface area contributed by atoms with Gasteiger partial charge in [0, 0.05) is 5.56 Å². The minimum atomic E-state index is -1.96. The number of rotatable bonds is 11. The zero-order valence-electron chi connectivity index (χ0n) is 26.7. The van der Waals surface area contributed by atoms with Crippen LogP contribution in [0, 0.1) is 0 Å². The van der Waals surface area contributed by atoms with Crippen LogP contribution in [0.1, 0.15) is 0 Å². The van der Waals surface area contributed by atoms with Crippen LogP contribution in [0.3, 0.4) is 0 Å². The van der Waals surface area contributed by atoms with Gasteiger partial charge in [-0.25, -0.2) is 0 Å². The van der Waals surface area contributed by atoms with Crippen LogP contribution in [0.25, 0.3) is 22.3 Å². The van der Waals surface area contributed by atoms with Gasteiger partial charge in [-0.2, -0.15) is 0 Å². The summed E-state index contributed by atoms with van der Waals surface area (Å²) in [4.78, 5) is 13.7. The van der Waals surface area contributed by atoms with Crippen molar-refractivity contribution in [2.45, 2.75) is 61.4 Å². The Morgan fingerprint density at radius 2 is 1.27 bits per heavy atom. The van der Waals surface area contributed by atoms with Gasteiger partial charge in [0.15, 0.2) is 23.4 Å². The molecule has 1 aromatic heterocycles. The average molecular weight is 699 g/mol. The van der Waals surface area contributed by atoms with Gasteiger partial charge in [-0.3, -0.25) is 4.79 Å². The van der Waals surface area contributed by atoms with Crippen LogP contribution in [-0.4, -0.2) is 144 Å². The van der Waals surface area contributed by atoms with Crippen molar-refractivity contribution in [2.24, 2.45) is 0 Å². The molecule has 5 rings (SSSR count). The lowest BCUT2D eigenvalue weighted by molar-refractivity contribution is -0.353. The fourth-order valence-corrected chi connectivity index (χ4v) is 5.68. The van der Waals surface area contributed by atoms with Crippen LogP contribution in [0.15, 0.2) is 33.5 Å². The molecule has 2 saturated heterocycles. The molecule has 0 spiro atoms. The molecule has 3 aromatic rings. The number of aliphatic hydroxyl groups is 7. The summed E-state index contributed by atoms with van der Waals surface area (Å²) in [5.41, 5.74) is -0.748. The van der Waals surface area contributed by atoms with Crippen LogP contribution in [-0.2, 0) is 14.2 Å². The third-order valence-corrected chi connectivity index (χ3v) is 8.30. The van der Waals surface area contributed by atoms with E-state index in [0.29, 0.717) is 11.3 Å². The maximum atomic E-state index is 13.7. The Hall–Kier alpha value is -3.95. The van der Waals surface area contributed by atoms with E-state index in [1.54, 1.807) is 24.3 Å². The topological polar surface area (TPSA) is 266 Å². The Morgan fingerprint density at radius 1 is 0.673 bits per heavy atom. The highest BCUT2D eigenvalue weighted by Crippen LogP contribution is 2.52. The maximum Gasteiger partial charge on any atom is 0.239 e. The number of methoxy groups -OCH3 is 4. The molecule has 8 N–H and O–H groups in total. The summed E-state index contributed by atoms with van der Waals surface area (Å²) in [7, 11) is 5.05. The molecule has 18 nitrogen and oxygen atoms in total. The summed E-state index contributed by atoms with van der Waals surface area (Å²) in [5.74, 6) is -1.79. The maximum absolute atomic E-state index is 13.7. The quantitative estimate of drug-likeness (QED) is 0.110. The lowest BCUT2D eigenvalue weighted by atomic mass is 9.97. The first kappa shape index (κ1) is 36.3. The van der Waals surface area contributed by atoms with Crippen LogP contribution >= 0.6 is 0 Å². The third kappa shape index (κ3) is 6.43. The fourth-order valence-electron chi connectivity index (χ4n) is 5.68. The van der Waals surface area contributed by atoms with Crippen molar-refractivity contribution in [2.75, 3.05) is 41.7 Å². The highest BCUT2D eigenvalue weighted by Gasteiger charge is 2.51. The molecule has 0 radical (unpaired) electrons. The summed E-state index contributed by atoms with van der Waals surface area (Å²) in [6, 6.07) is 6.43. The number of fused-ring (bicyclic) bond motifs is 1. The van der Waals surface area contributed by atoms with E-state index in [2.05, 4.69) is 0 Å². The van der Waals surface area contributed by atoms with Gasteiger partial charge >= 0.3 is 0 Å². The van der Waals surface area contributed by atoms with Crippen molar-refractivity contribution in [1.29, 1.82) is 0 Å². The second-order valence-electron chi connectivity index (χ2n) is 11.1. The summed E-state index contributed by atoms with van der Waals surface area (Å²) >= 11 is 0. The van der Waals surface area contributed by atoms with E-state index in [-0.39, 0.29) is 22.8 Å². The van der Waals surface area contributed by atoms with Gasteiger partial charge in [0.2, 0.25) is 34.7 Å². The van der Waals surface area contributed by atoms with Crippen LogP contribution < -0.4 is 29.1 Å². The molecule has 0 amide bonds. The minimum Gasteiger partial charge on any atom is -0.504 e. The third-order valence-electron chi connectivity index (χ3n) is 8.30. The smallest absolute Gasteiger partial charge is 0.239 e. The first-order valence-electron chi connectivity index (χ1n) is 14.9. The highest BCUT2D eigenvalue weighted by molar-refractivity contribution is 5.96. The molecule has 3 heterocycles. The van der Waals surface area contributed by atoms with E-state index in [4.69, 9.17) is 42.3 Å². The number of phenols is 1. The molecular formula is C31H38O18. The number of aromatic hydroxyl groups is 1. The molecule has 2 aliphatic rings. The standard InChI is InChI=1S/C31H38O18/c1-41-12-7-5-11(6-8-12)23-26(42-2)18(36)15-19(37)27(43-3)29(28(44-4)24(15)47-23)49-31-22(40)25(17(35)14(10-33)46-31)48-30-21(39)20(38)16(34)13(9-32)45-30/h5-8,13-14,16-17,20-22,25,30-35,37-40H,9-10H2,1-4H3/t13-,14-,16-,17+,20+,21-,22-,25+,30+,31+/m1/s1. The predicted molar refractivity (Wildman–Crippen MR) is 163 cm³/mol. The van der Waals surface area contributed by atoms with Crippen molar-refractivity contribution >= 4 is 11.0 Å². The predicted octanol–water partition coefficient (Wildman–Crippen LogP) is -1.80. The molecular weight excluding hydrogens is 660 g/mol. The Kier molecular flexibility index (Phi) is 11.0. The van der Waals surface area contributed by atoms with E-state index in [1.807, 2.05) is 0 Å². The number of aliphatic hydroxyl groups excluding tert-OH is 7. The van der Waals surface area contributed by atoms with E-state index >= 15 is 0 Å². The summed E-state index contributed by atoms with van der Waals surface area (Å²) in [6.45, 7) is -1.61. The van der Waals surface area contributed by atoms with Crippen molar-refractivity contribution in [3.8, 4) is 45.8 Å². The number of ether oxygens (including phenoxy) is 8. The summed E-state index contributed by atoms with van der Waals surface area (Å²) in [6.07, 6.45) is -17.4. The van der Waals surface area contributed by atoms with E-state index in [9.17, 15) is 45.6 Å². The molecule has 10 atom stereocenters. The Labute approximate surface area is 277 Å². The first-order valence-corrected chi connectivity index (χ1v) is 14.9. The Morgan fingerprint density at radius 3 is 1.84 bits per heavy atom. The zero-order chi connectivity index (χ0) is 35.7. The Balaban J connectivity index is 1.58.